The van der Waals surface area contributed by atoms with Crippen LogP contribution < -0.4 is 5.73 Å². The van der Waals surface area contributed by atoms with Gasteiger partial charge in [0, 0.05) is 19.1 Å². The van der Waals surface area contributed by atoms with Crippen LogP contribution in [0.4, 0.5) is 0 Å². The molecule has 1 fully saturated rings. The van der Waals surface area contributed by atoms with Gasteiger partial charge in [-0.3, -0.25) is 4.79 Å². The van der Waals surface area contributed by atoms with E-state index in [2.05, 4.69) is 19.0 Å². The number of nitrogens with zero attached hydrogens (tertiary/aromatic N) is 2. The molecule has 0 spiro atoms. The lowest BCUT2D eigenvalue weighted by Crippen LogP contribution is -2.52. The molecule has 1 unspecified atom stereocenters. The fourth-order valence-electron chi connectivity index (χ4n) is 2.18. The number of thioether (sulfide) groups is 1. The van der Waals surface area contributed by atoms with Crippen LogP contribution in [0.3, 0.4) is 0 Å². The molecule has 0 saturated carbocycles. The second kappa shape index (κ2) is 7.24. The molecular formula is C12H25N3OS. The Morgan fingerprint density at radius 2 is 2.29 bits per heavy atom. The van der Waals surface area contributed by atoms with E-state index >= 15 is 0 Å². The van der Waals surface area contributed by atoms with Gasteiger partial charge in [0.05, 0.1) is 6.04 Å². The van der Waals surface area contributed by atoms with Gasteiger partial charge in [-0.2, -0.15) is 11.8 Å². The zero-order valence-electron chi connectivity index (χ0n) is 11.2. The first-order chi connectivity index (χ1) is 8.06. The number of rotatable bonds is 5. The summed E-state index contributed by atoms with van der Waals surface area (Å²) in [5, 5.41) is 0. The molecular weight excluding hydrogens is 234 g/mol. The van der Waals surface area contributed by atoms with Gasteiger partial charge in [0.15, 0.2) is 0 Å². The fraction of sp³-hybridized carbons (Fsp3) is 0.917. The van der Waals surface area contributed by atoms with Crippen molar-refractivity contribution >= 4 is 17.7 Å². The molecule has 5 heteroatoms. The monoisotopic (exact) mass is 259 g/mol. The fourth-order valence-corrected chi connectivity index (χ4v) is 2.67. The molecule has 1 aliphatic rings. The van der Waals surface area contributed by atoms with Crippen molar-refractivity contribution in [3.05, 3.63) is 0 Å². The number of nitrogens with two attached hydrogens (primary N) is 1. The zero-order chi connectivity index (χ0) is 12.8. The van der Waals surface area contributed by atoms with E-state index in [0.29, 0.717) is 6.04 Å². The Balaban J connectivity index is 2.45. The van der Waals surface area contributed by atoms with Crippen LogP contribution in [0.15, 0.2) is 0 Å². The van der Waals surface area contributed by atoms with Crippen molar-refractivity contribution in [3.63, 3.8) is 0 Å². The van der Waals surface area contributed by atoms with Crippen molar-refractivity contribution in [2.45, 2.75) is 31.3 Å². The van der Waals surface area contributed by atoms with Crippen molar-refractivity contribution in [2.24, 2.45) is 5.73 Å². The first kappa shape index (κ1) is 14.8. The predicted molar refractivity (Wildman–Crippen MR) is 74.3 cm³/mol. The summed E-state index contributed by atoms with van der Waals surface area (Å²) >= 11 is 1.74. The highest BCUT2D eigenvalue weighted by molar-refractivity contribution is 7.98. The highest BCUT2D eigenvalue weighted by atomic mass is 32.2. The van der Waals surface area contributed by atoms with Gasteiger partial charge in [0.25, 0.3) is 0 Å². The molecule has 1 aliphatic heterocycles. The Labute approximate surface area is 109 Å². The maximum absolute atomic E-state index is 12.1. The zero-order valence-corrected chi connectivity index (χ0v) is 12.0. The van der Waals surface area contributed by atoms with Gasteiger partial charge in [0.1, 0.15) is 0 Å². The largest absolute Gasteiger partial charge is 0.340 e. The van der Waals surface area contributed by atoms with E-state index in [0.717, 1.165) is 31.7 Å². The molecule has 0 radical (unpaired) electrons. The maximum Gasteiger partial charge on any atom is 0.239 e. The molecule has 1 heterocycles. The first-order valence-corrected chi connectivity index (χ1v) is 7.65. The van der Waals surface area contributed by atoms with Gasteiger partial charge in [-0.05, 0) is 45.4 Å². The highest BCUT2D eigenvalue weighted by Gasteiger charge is 2.27. The smallest absolute Gasteiger partial charge is 0.239 e. The number of hydrogen-bond acceptors (Lipinski definition) is 4. The van der Waals surface area contributed by atoms with Gasteiger partial charge < -0.3 is 15.5 Å². The van der Waals surface area contributed by atoms with E-state index in [-0.39, 0.29) is 11.9 Å². The summed E-state index contributed by atoms with van der Waals surface area (Å²) in [6.07, 6.45) is 5.09. The molecule has 2 N–H and O–H groups in total. The Hall–Kier alpha value is -0.260. The maximum atomic E-state index is 12.1. The summed E-state index contributed by atoms with van der Waals surface area (Å²) in [6.45, 7) is 1.70. The van der Waals surface area contributed by atoms with E-state index in [1.807, 2.05) is 11.2 Å². The average molecular weight is 259 g/mol. The first-order valence-electron chi connectivity index (χ1n) is 6.26. The molecule has 1 saturated heterocycles. The van der Waals surface area contributed by atoms with Crippen LogP contribution in [0, 0.1) is 0 Å². The molecule has 0 bridgehead atoms. The Morgan fingerprint density at radius 1 is 1.59 bits per heavy atom. The van der Waals surface area contributed by atoms with Crippen molar-refractivity contribution < 1.29 is 4.79 Å². The van der Waals surface area contributed by atoms with Crippen LogP contribution in [0.1, 0.15) is 19.3 Å². The third-order valence-electron chi connectivity index (χ3n) is 3.39. The minimum absolute atomic E-state index is 0.130. The van der Waals surface area contributed by atoms with Crippen LogP contribution in [0.2, 0.25) is 0 Å². The SMILES string of the molecule is CSCC[C@H](N)C(=O)N1CCCC(N(C)C)C1. The standard InChI is InChI=1S/C12H25N3OS/c1-14(2)10-5-4-7-15(9-10)12(16)11(13)6-8-17-3/h10-11H,4-9,13H2,1-3H3/t10?,11-/m0/s1. The summed E-state index contributed by atoms with van der Waals surface area (Å²) in [6, 6.07) is 0.170. The molecule has 4 nitrogen and oxygen atoms in total. The molecule has 2 atom stereocenters. The summed E-state index contributed by atoms with van der Waals surface area (Å²) < 4.78 is 0. The Kier molecular flexibility index (Phi) is 6.30. The average Bonchev–Trinajstić information content (AvgIpc) is 2.35. The molecule has 0 aromatic heterocycles. The van der Waals surface area contributed by atoms with Crippen LogP contribution in [-0.2, 0) is 4.79 Å². The summed E-state index contributed by atoms with van der Waals surface area (Å²) in [4.78, 5) is 16.3. The second-order valence-electron chi connectivity index (χ2n) is 4.93. The van der Waals surface area contributed by atoms with Crippen LogP contribution in [0.25, 0.3) is 0 Å². The third-order valence-corrected chi connectivity index (χ3v) is 4.03. The molecule has 0 aromatic rings. The topological polar surface area (TPSA) is 49.6 Å². The normalized spacial score (nSPS) is 22.9. The molecule has 100 valence electrons. The van der Waals surface area contributed by atoms with E-state index in [1.54, 1.807) is 11.8 Å². The highest BCUT2D eigenvalue weighted by Crippen LogP contribution is 2.15. The van der Waals surface area contributed by atoms with Crippen LogP contribution in [0.5, 0.6) is 0 Å². The quantitative estimate of drug-likeness (QED) is 0.786. The summed E-state index contributed by atoms with van der Waals surface area (Å²) in [5.74, 6) is 1.09. The number of likely N-dealkylation sites (tertiary alicyclic amines) is 1. The van der Waals surface area contributed by atoms with E-state index < -0.39 is 0 Å². The second-order valence-corrected chi connectivity index (χ2v) is 5.92. The Morgan fingerprint density at radius 3 is 2.88 bits per heavy atom. The number of amides is 1. The van der Waals surface area contributed by atoms with Crippen molar-refractivity contribution in [2.75, 3.05) is 39.2 Å². The number of likely N-dealkylation sites (N-methyl/N-ethyl adjacent to an activating group) is 1. The third kappa shape index (κ3) is 4.48. The number of piperidine rings is 1. The lowest BCUT2D eigenvalue weighted by atomic mass is 10.0. The molecule has 0 aliphatic carbocycles. The van der Waals surface area contributed by atoms with E-state index in [9.17, 15) is 4.79 Å². The Bertz CT molecular complexity index is 248. The van der Waals surface area contributed by atoms with Crippen LogP contribution in [-0.4, -0.2) is 67.0 Å². The van der Waals surface area contributed by atoms with Gasteiger partial charge in [0.2, 0.25) is 5.91 Å². The van der Waals surface area contributed by atoms with Gasteiger partial charge in [-0.25, -0.2) is 0 Å². The van der Waals surface area contributed by atoms with Gasteiger partial charge in [-0.1, -0.05) is 0 Å². The number of carbonyl (C=O) groups is 1. The van der Waals surface area contributed by atoms with Gasteiger partial charge >= 0.3 is 0 Å². The molecule has 1 rings (SSSR count). The molecule has 0 aromatic carbocycles. The summed E-state index contributed by atoms with van der Waals surface area (Å²) in [7, 11) is 4.15. The minimum atomic E-state index is -0.316. The minimum Gasteiger partial charge on any atom is -0.340 e. The van der Waals surface area contributed by atoms with E-state index in [1.165, 1.54) is 6.42 Å². The molecule has 17 heavy (non-hydrogen) atoms. The lowest BCUT2D eigenvalue weighted by Gasteiger charge is -2.37. The molecule has 1 amide bonds. The van der Waals surface area contributed by atoms with Crippen molar-refractivity contribution in [3.8, 4) is 0 Å². The van der Waals surface area contributed by atoms with E-state index in [4.69, 9.17) is 5.73 Å². The summed E-state index contributed by atoms with van der Waals surface area (Å²) in [5.41, 5.74) is 5.94. The number of carbonyl (C=O) groups excluding carboxylic acids is 1. The van der Waals surface area contributed by atoms with Gasteiger partial charge in [-0.15, -0.1) is 0 Å². The lowest BCUT2D eigenvalue weighted by molar-refractivity contribution is -0.134. The predicted octanol–water partition coefficient (Wildman–Crippen LogP) is 0.619. The van der Waals surface area contributed by atoms with Crippen molar-refractivity contribution in [1.29, 1.82) is 0 Å². The van der Waals surface area contributed by atoms with Crippen LogP contribution >= 0.6 is 11.8 Å². The van der Waals surface area contributed by atoms with Crippen molar-refractivity contribution in [1.82, 2.24) is 9.80 Å². The number of hydrogen-bond donors (Lipinski definition) is 1.